The van der Waals surface area contributed by atoms with E-state index in [1.165, 1.54) is 11.8 Å². The second-order valence-corrected chi connectivity index (χ2v) is 5.94. The number of hydrogen-bond acceptors (Lipinski definition) is 4. The first-order chi connectivity index (χ1) is 10.7. The van der Waals surface area contributed by atoms with Crippen LogP contribution in [-0.4, -0.2) is 38.3 Å². The maximum Gasteiger partial charge on any atom is 0.233 e. The highest BCUT2D eigenvalue weighted by Gasteiger charge is 2.14. The minimum Gasteiger partial charge on any atom is -0.338 e. The Morgan fingerprint density at radius 1 is 1.27 bits per heavy atom. The smallest absolute Gasteiger partial charge is 0.233 e. The molecule has 1 N–H and O–H groups in total. The molecule has 0 aliphatic heterocycles. The molecule has 0 aliphatic carbocycles. The zero-order chi connectivity index (χ0) is 15.8. The fraction of sp³-hybridized carbons (Fsp3) is 0.438. The van der Waals surface area contributed by atoms with Crippen LogP contribution in [0, 0.1) is 0 Å². The number of H-pyrrole nitrogens is 1. The van der Waals surface area contributed by atoms with Gasteiger partial charge in [-0.2, -0.15) is 0 Å². The number of aromatic amines is 1. The largest absolute Gasteiger partial charge is 0.338 e. The van der Waals surface area contributed by atoms with Crippen molar-refractivity contribution in [1.82, 2.24) is 20.1 Å². The average Bonchev–Trinajstić information content (AvgIpc) is 2.99. The summed E-state index contributed by atoms with van der Waals surface area (Å²) in [6.45, 7) is 5.44. The Morgan fingerprint density at radius 3 is 2.73 bits per heavy atom. The molecule has 2 rings (SSSR count). The Balaban J connectivity index is 1.86. The van der Waals surface area contributed by atoms with Gasteiger partial charge in [0.25, 0.3) is 0 Å². The Morgan fingerprint density at radius 2 is 2.05 bits per heavy atom. The molecule has 0 saturated carbocycles. The van der Waals surface area contributed by atoms with Gasteiger partial charge in [0.15, 0.2) is 0 Å². The van der Waals surface area contributed by atoms with E-state index in [1.54, 1.807) is 0 Å². The summed E-state index contributed by atoms with van der Waals surface area (Å²) in [6.07, 6.45) is 1.91. The zero-order valence-corrected chi connectivity index (χ0v) is 13.9. The normalized spacial score (nSPS) is 10.6. The van der Waals surface area contributed by atoms with Crippen molar-refractivity contribution in [2.45, 2.75) is 38.4 Å². The van der Waals surface area contributed by atoms with Crippen LogP contribution in [0.1, 0.15) is 31.7 Å². The number of carbonyl (C=O) groups is 1. The van der Waals surface area contributed by atoms with Crippen molar-refractivity contribution in [3.63, 3.8) is 0 Å². The molecule has 0 spiro atoms. The summed E-state index contributed by atoms with van der Waals surface area (Å²) in [7, 11) is 0. The van der Waals surface area contributed by atoms with Gasteiger partial charge in [-0.05, 0) is 18.9 Å². The van der Waals surface area contributed by atoms with Gasteiger partial charge < -0.3 is 4.90 Å². The van der Waals surface area contributed by atoms with Crippen LogP contribution >= 0.6 is 11.8 Å². The van der Waals surface area contributed by atoms with E-state index in [2.05, 4.69) is 22.1 Å². The molecule has 0 radical (unpaired) electrons. The molecule has 118 valence electrons. The fourth-order valence-corrected chi connectivity index (χ4v) is 2.81. The molecule has 5 nitrogen and oxygen atoms in total. The first kappa shape index (κ1) is 16.5. The zero-order valence-electron chi connectivity index (χ0n) is 13.1. The summed E-state index contributed by atoms with van der Waals surface area (Å²) in [5.74, 6) is 1.36. The maximum atomic E-state index is 12.3. The van der Waals surface area contributed by atoms with Crippen molar-refractivity contribution in [2.24, 2.45) is 0 Å². The lowest BCUT2D eigenvalue weighted by molar-refractivity contribution is -0.128. The Bertz CT molecular complexity index is 585. The third kappa shape index (κ3) is 4.87. The van der Waals surface area contributed by atoms with Gasteiger partial charge in [0.2, 0.25) is 11.1 Å². The number of carbonyl (C=O) groups excluding carboxylic acids is 1. The predicted octanol–water partition coefficient (Wildman–Crippen LogP) is 2.90. The lowest BCUT2D eigenvalue weighted by atomic mass is 10.2. The number of aryl methyl sites for hydroxylation is 1. The summed E-state index contributed by atoms with van der Waals surface area (Å²) in [6, 6.07) is 10.0. The van der Waals surface area contributed by atoms with Gasteiger partial charge in [-0.3, -0.25) is 9.89 Å². The Hall–Kier alpha value is -1.82. The van der Waals surface area contributed by atoms with Crippen LogP contribution in [0.4, 0.5) is 0 Å². The number of nitrogens with zero attached hydrogens (tertiary/aromatic N) is 3. The summed E-state index contributed by atoms with van der Waals surface area (Å²) in [5.41, 5.74) is 1.14. The van der Waals surface area contributed by atoms with Crippen molar-refractivity contribution in [1.29, 1.82) is 0 Å². The maximum absolute atomic E-state index is 12.3. The highest BCUT2D eigenvalue weighted by molar-refractivity contribution is 7.99. The molecule has 1 aromatic heterocycles. The molecule has 0 bridgehead atoms. The topological polar surface area (TPSA) is 61.9 Å². The number of hydrogen-bond donors (Lipinski definition) is 1. The summed E-state index contributed by atoms with van der Waals surface area (Å²) < 4.78 is 0. The van der Waals surface area contributed by atoms with Crippen LogP contribution in [0.25, 0.3) is 0 Å². The molecular weight excluding hydrogens is 296 g/mol. The van der Waals surface area contributed by atoms with E-state index in [0.29, 0.717) is 24.0 Å². The number of benzene rings is 1. The number of nitrogens with one attached hydrogen (secondary N) is 1. The minimum atomic E-state index is 0.109. The number of amides is 1. The van der Waals surface area contributed by atoms with Crippen LogP contribution < -0.4 is 0 Å². The van der Waals surface area contributed by atoms with Crippen molar-refractivity contribution in [3.8, 4) is 0 Å². The predicted molar refractivity (Wildman–Crippen MR) is 88.6 cm³/mol. The molecule has 0 fully saturated rings. The second kappa shape index (κ2) is 8.58. The van der Waals surface area contributed by atoms with Gasteiger partial charge in [-0.1, -0.05) is 49.0 Å². The molecule has 0 aliphatic rings. The van der Waals surface area contributed by atoms with Gasteiger partial charge in [0.05, 0.1) is 5.75 Å². The van der Waals surface area contributed by atoms with E-state index in [9.17, 15) is 4.79 Å². The van der Waals surface area contributed by atoms with Gasteiger partial charge in [-0.25, -0.2) is 4.98 Å². The monoisotopic (exact) mass is 318 g/mol. The quantitative estimate of drug-likeness (QED) is 0.760. The summed E-state index contributed by atoms with van der Waals surface area (Å²) in [4.78, 5) is 18.5. The SMILES string of the molecule is CCCc1nc(SCC(=O)N(CC)Cc2ccccc2)n[nH]1. The van der Waals surface area contributed by atoms with Crippen molar-refractivity contribution in [3.05, 3.63) is 41.7 Å². The molecule has 2 aromatic rings. The Kier molecular flexibility index (Phi) is 6.45. The molecule has 1 heterocycles. The molecule has 1 amide bonds. The van der Waals surface area contributed by atoms with E-state index >= 15 is 0 Å². The highest BCUT2D eigenvalue weighted by Crippen LogP contribution is 2.14. The van der Waals surface area contributed by atoms with Crippen LogP contribution in [0.2, 0.25) is 0 Å². The van der Waals surface area contributed by atoms with Crippen LogP contribution in [0.15, 0.2) is 35.5 Å². The van der Waals surface area contributed by atoms with Crippen LogP contribution in [0.5, 0.6) is 0 Å². The van der Waals surface area contributed by atoms with Crippen molar-refractivity contribution >= 4 is 17.7 Å². The third-order valence-corrected chi connectivity index (χ3v) is 4.11. The van der Waals surface area contributed by atoms with E-state index in [1.807, 2.05) is 42.2 Å². The standard InChI is InChI=1S/C16H22N4OS/c1-3-8-14-17-16(19-18-14)22-12-15(21)20(4-2)11-13-9-6-5-7-10-13/h5-7,9-10H,3-4,8,11-12H2,1-2H3,(H,17,18,19). The first-order valence-electron chi connectivity index (χ1n) is 7.58. The molecule has 0 saturated heterocycles. The van der Waals surface area contributed by atoms with Gasteiger partial charge >= 0.3 is 0 Å². The second-order valence-electron chi connectivity index (χ2n) is 5.00. The minimum absolute atomic E-state index is 0.109. The van der Waals surface area contributed by atoms with E-state index < -0.39 is 0 Å². The van der Waals surface area contributed by atoms with Crippen molar-refractivity contribution in [2.75, 3.05) is 12.3 Å². The van der Waals surface area contributed by atoms with Gasteiger partial charge in [0.1, 0.15) is 5.82 Å². The van der Waals surface area contributed by atoms with Crippen LogP contribution in [-0.2, 0) is 17.8 Å². The lowest BCUT2D eigenvalue weighted by Crippen LogP contribution is -2.31. The number of rotatable bonds is 8. The number of aromatic nitrogens is 3. The Labute approximate surface area is 135 Å². The van der Waals surface area contributed by atoms with E-state index in [4.69, 9.17) is 0 Å². The highest BCUT2D eigenvalue weighted by atomic mass is 32.2. The van der Waals surface area contributed by atoms with Crippen molar-refractivity contribution < 1.29 is 4.79 Å². The van der Waals surface area contributed by atoms with E-state index in [-0.39, 0.29) is 5.91 Å². The van der Waals surface area contributed by atoms with E-state index in [0.717, 1.165) is 24.2 Å². The average molecular weight is 318 g/mol. The lowest BCUT2D eigenvalue weighted by Gasteiger charge is -2.20. The first-order valence-corrected chi connectivity index (χ1v) is 8.57. The molecule has 22 heavy (non-hydrogen) atoms. The summed E-state index contributed by atoms with van der Waals surface area (Å²) >= 11 is 1.38. The molecular formula is C16H22N4OS. The molecule has 0 atom stereocenters. The van der Waals surface area contributed by atoms with Gasteiger partial charge in [-0.15, -0.1) is 5.10 Å². The number of thioether (sulfide) groups is 1. The summed E-state index contributed by atoms with van der Waals surface area (Å²) in [5, 5.41) is 7.68. The molecule has 1 aromatic carbocycles. The molecule has 6 heteroatoms. The van der Waals surface area contributed by atoms with Gasteiger partial charge in [0, 0.05) is 19.5 Å². The molecule has 0 unspecified atom stereocenters. The third-order valence-electron chi connectivity index (χ3n) is 3.27. The fourth-order valence-electron chi connectivity index (χ4n) is 2.09. The van der Waals surface area contributed by atoms with Crippen LogP contribution in [0.3, 0.4) is 0 Å².